The maximum atomic E-state index is 13.5. The molecule has 2 aliphatic rings. The van der Waals surface area contributed by atoms with Gasteiger partial charge >= 0.3 is 5.97 Å². The minimum Gasteiger partial charge on any atom is -0.479 e. The summed E-state index contributed by atoms with van der Waals surface area (Å²) in [6.07, 6.45) is 16.4. The van der Waals surface area contributed by atoms with Crippen LogP contribution in [0.3, 0.4) is 0 Å². The number of carbonyl (C=O) groups is 7. The molecule has 0 bridgehead atoms. The lowest BCUT2D eigenvalue weighted by molar-refractivity contribution is -0.142. The molecule has 3 unspecified atom stereocenters. The molecule has 5 amide bonds. The minimum absolute atomic E-state index is 0.0603. The van der Waals surface area contributed by atoms with Crippen LogP contribution in [-0.2, 0) is 33.6 Å². The number of aliphatic imine (C=N–C) groups is 1. The van der Waals surface area contributed by atoms with E-state index >= 15 is 0 Å². The number of aliphatic carboxylic acids is 1. The number of unbranched alkanes of at least 4 members (excludes halogenated alkanes) is 1. The van der Waals surface area contributed by atoms with Gasteiger partial charge in [0.05, 0.1) is 32.0 Å². The van der Waals surface area contributed by atoms with Gasteiger partial charge in [-0.3, -0.25) is 33.8 Å². The standard InChI is InChI=1S/C32H45N7O8.C6H12.C3H8/c1-4-7-14-39-19-21(16-33-20-39)15-24(36-26(41)17-34-25(40)6-3)30(44)37-23(11-5-2)29(43)31(45)35-18-27(42)38-28(32(46)47)22-12-9-8-10-13-22;1-2-4-6-5-3-1;1-3-2/h8-10,12-13,19-20,23-24,28H,4-7,11,14-18H2,1-3H3,(H,34,40)(H,35,45)(H,36,41)(H,37,44)(H,38,42)(H,46,47);1-6H2;3H2,1-2H3. The number of hydrogen-bond donors (Lipinski definition) is 6. The second kappa shape index (κ2) is 29.2. The van der Waals surface area contributed by atoms with E-state index in [1.54, 1.807) is 38.4 Å². The van der Waals surface area contributed by atoms with Crippen LogP contribution in [0.25, 0.3) is 0 Å². The molecular weight excluding hydrogens is 718 g/mol. The van der Waals surface area contributed by atoms with Gasteiger partial charge in [0.25, 0.3) is 5.91 Å². The van der Waals surface area contributed by atoms with E-state index in [4.69, 9.17) is 0 Å². The predicted octanol–water partition coefficient (Wildman–Crippen LogP) is 4.08. The number of carboxylic acids is 1. The molecule has 3 rings (SSSR count). The third kappa shape index (κ3) is 20.6. The first-order chi connectivity index (χ1) is 26.9. The predicted molar refractivity (Wildman–Crippen MR) is 216 cm³/mol. The molecule has 1 saturated carbocycles. The van der Waals surface area contributed by atoms with Crippen molar-refractivity contribution >= 4 is 47.6 Å². The van der Waals surface area contributed by atoms with Crippen molar-refractivity contribution in [2.24, 2.45) is 4.99 Å². The number of rotatable bonds is 20. The maximum absolute atomic E-state index is 13.5. The molecule has 1 heterocycles. The zero-order valence-electron chi connectivity index (χ0n) is 34.0. The molecule has 0 spiro atoms. The third-order valence-corrected chi connectivity index (χ3v) is 8.56. The number of carboxylic acid groups (broad SMARTS) is 1. The Morgan fingerprint density at radius 2 is 1.34 bits per heavy atom. The number of benzene rings is 1. The zero-order chi connectivity index (χ0) is 41.7. The summed E-state index contributed by atoms with van der Waals surface area (Å²) >= 11 is 0. The van der Waals surface area contributed by atoms with E-state index in [9.17, 15) is 38.7 Å². The number of hydrogen-bond acceptors (Lipinski definition) is 9. The van der Waals surface area contributed by atoms with Crippen LogP contribution >= 0.6 is 0 Å². The van der Waals surface area contributed by atoms with Gasteiger partial charge in [-0.15, -0.1) is 0 Å². The molecule has 6 N–H and O–H groups in total. The van der Waals surface area contributed by atoms with Gasteiger partial charge in [0.2, 0.25) is 29.4 Å². The van der Waals surface area contributed by atoms with Gasteiger partial charge in [0.1, 0.15) is 6.04 Å². The lowest BCUT2D eigenvalue weighted by Crippen LogP contribution is -2.55. The fourth-order valence-electron chi connectivity index (χ4n) is 5.61. The third-order valence-electron chi connectivity index (χ3n) is 8.56. The minimum atomic E-state index is -1.37. The lowest BCUT2D eigenvalue weighted by atomic mass is 10.0. The van der Waals surface area contributed by atoms with Crippen LogP contribution in [0.5, 0.6) is 0 Å². The Morgan fingerprint density at radius 3 is 1.89 bits per heavy atom. The Labute approximate surface area is 332 Å². The van der Waals surface area contributed by atoms with Crippen LogP contribution in [0.15, 0.2) is 47.1 Å². The van der Waals surface area contributed by atoms with Gasteiger partial charge in [0, 0.05) is 25.6 Å². The monoisotopic (exact) mass is 783 g/mol. The fraction of sp³-hybridized carbons (Fsp3) is 0.610. The highest BCUT2D eigenvalue weighted by Crippen LogP contribution is 2.16. The van der Waals surface area contributed by atoms with Crippen LogP contribution in [0.1, 0.15) is 130 Å². The van der Waals surface area contributed by atoms with Crippen LogP contribution in [0.4, 0.5) is 0 Å². The summed E-state index contributed by atoms with van der Waals surface area (Å²) in [5.41, 5.74) is 1.07. The van der Waals surface area contributed by atoms with Gasteiger partial charge in [-0.05, 0) is 24.0 Å². The molecule has 1 aliphatic heterocycles. The van der Waals surface area contributed by atoms with E-state index in [0.29, 0.717) is 18.5 Å². The normalized spacial score (nSPS) is 14.7. The highest BCUT2D eigenvalue weighted by atomic mass is 16.4. The zero-order valence-corrected chi connectivity index (χ0v) is 34.0. The molecule has 1 fully saturated rings. The van der Waals surface area contributed by atoms with Gasteiger partial charge < -0.3 is 36.6 Å². The van der Waals surface area contributed by atoms with Crippen LogP contribution in [-0.4, -0.2) is 95.9 Å². The molecule has 1 aromatic rings. The molecule has 1 aliphatic carbocycles. The molecule has 312 valence electrons. The Bertz CT molecular complexity index is 1430. The molecule has 56 heavy (non-hydrogen) atoms. The summed E-state index contributed by atoms with van der Waals surface area (Å²) in [4.78, 5) is 94.0. The Kier molecular flexibility index (Phi) is 25.6. The molecule has 15 heteroatoms. The van der Waals surface area contributed by atoms with E-state index in [1.165, 1.54) is 57.1 Å². The first kappa shape index (κ1) is 48.9. The second-order valence-corrected chi connectivity index (χ2v) is 13.8. The SMILES string of the molecule is C1CCCCC1.CCC.CCCCN1C=NCC(CC(NC(=O)CNC(=O)CC)C(=O)NC(CCC)C(=O)C(=O)NCC(=O)NC(C(=O)O)c2ccccc2)=C1. The van der Waals surface area contributed by atoms with E-state index < -0.39 is 60.1 Å². The van der Waals surface area contributed by atoms with E-state index in [1.807, 2.05) is 11.1 Å². The summed E-state index contributed by atoms with van der Waals surface area (Å²) in [7, 11) is 0. The molecule has 0 radical (unpaired) electrons. The van der Waals surface area contributed by atoms with Crippen molar-refractivity contribution in [2.75, 3.05) is 26.2 Å². The van der Waals surface area contributed by atoms with Crippen molar-refractivity contribution in [1.82, 2.24) is 31.5 Å². The van der Waals surface area contributed by atoms with Gasteiger partial charge in [0.15, 0.2) is 6.04 Å². The summed E-state index contributed by atoms with van der Waals surface area (Å²) in [5, 5.41) is 21.6. The Morgan fingerprint density at radius 1 is 0.750 bits per heavy atom. The summed E-state index contributed by atoms with van der Waals surface area (Å²) < 4.78 is 0. The molecule has 3 atom stereocenters. The van der Waals surface area contributed by atoms with Gasteiger partial charge in [-0.2, -0.15) is 0 Å². The number of nitrogens with one attached hydrogen (secondary N) is 5. The maximum Gasteiger partial charge on any atom is 0.330 e. The van der Waals surface area contributed by atoms with Gasteiger partial charge in [-0.1, -0.05) is 123 Å². The topological polar surface area (TPSA) is 215 Å². The Hall–Kier alpha value is -5.08. The number of ketones is 1. The van der Waals surface area contributed by atoms with Crippen molar-refractivity contribution in [3.63, 3.8) is 0 Å². The van der Waals surface area contributed by atoms with Crippen molar-refractivity contribution < 1.29 is 38.7 Å². The molecule has 15 nitrogen and oxygen atoms in total. The van der Waals surface area contributed by atoms with Crippen LogP contribution in [0, 0.1) is 0 Å². The first-order valence-electron chi connectivity index (χ1n) is 20.1. The molecule has 1 aromatic carbocycles. The second-order valence-electron chi connectivity index (χ2n) is 13.8. The van der Waals surface area contributed by atoms with Crippen LogP contribution in [0.2, 0.25) is 0 Å². The average molecular weight is 784 g/mol. The highest BCUT2D eigenvalue weighted by Gasteiger charge is 2.31. The smallest absolute Gasteiger partial charge is 0.330 e. The number of Topliss-reactive ketones (excluding diaryl/α,β-unsaturated/α-hetero) is 1. The lowest BCUT2D eigenvalue weighted by Gasteiger charge is -2.25. The van der Waals surface area contributed by atoms with E-state index in [-0.39, 0.29) is 31.7 Å². The molecular formula is C41H65N7O8. The molecule has 0 aromatic heterocycles. The van der Waals surface area contributed by atoms with E-state index in [2.05, 4.69) is 52.3 Å². The number of carbonyl (C=O) groups excluding carboxylic acids is 6. The summed E-state index contributed by atoms with van der Waals surface area (Å²) in [6.45, 7) is 9.67. The summed E-state index contributed by atoms with van der Waals surface area (Å²) in [5.74, 6) is -6.00. The highest BCUT2D eigenvalue weighted by molar-refractivity contribution is 6.38. The fourth-order valence-corrected chi connectivity index (χ4v) is 5.61. The van der Waals surface area contributed by atoms with Crippen molar-refractivity contribution in [3.05, 3.63) is 47.7 Å². The first-order valence-corrected chi connectivity index (χ1v) is 20.1. The van der Waals surface area contributed by atoms with Gasteiger partial charge in [-0.25, -0.2) is 4.79 Å². The number of amides is 5. The quantitative estimate of drug-likeness (QED) is 0.105. The Balaban J connectivity index is 0.00000154. The molecule has 0 saturated heterocycles. The van der Waals surface area contributed by atoms with Crippen molar-refractivity contribution in [1.29, 1.82) is 0 Å². The van der Waals surface area contributed by atoms with Crippen molar-refractivity contribution in [2.45, 2.75) is 136 Å². The van der Waals surface area contributed by atoms with Crippen LogP contribution < -0.4 is 26.6 Å². The number of nitrogens with zero attached hydrogens (tertiary/aromatic N) is 2. The van der Waals surface area contributed by atoms with E-state index in [0.717, 1.165) is 25.0 Å². The van der Waals surface area contributed by atoms with Crippen molar-refractivity contribution in [3.8, 4) is 0 Å². The average Bonchev–Trinajstić information content (AvgIpc) is 3.21. The largest absolute Gasteiger partial charge is 0.479 e. The summed E-state index contributed by atoms with van der Waals surface area (Å²) in [6, 6.07) is 4.17.